The number of hydrogen-bond acceptors (Lipinski definition) is 4. The predicted molar refractivity (Wildman–Crippen MR) is 139 cm³/mol. The Morgan fingerprint density at radius 2 is 1.72 bits per heavy atom. The molecule has 3 rings (SSSR count). The summed E-state index contributed by atoms with van der Waals surface area (Å²) < 4.78 is 39.2. The molecule has 11 heteroatoms. The maximum atomic E-state index is 13.7. The van der Waals surface area contributed by atoms with E-state index in [9.17, 15) is 22.8 Å². The number of alkyl halides is 3. The van der Waals surface area contributed by atoms with Gasteiger partial charge in [-0.2, -0.15) is 30.0 Å². The molecule has 2 aromatic rings. The number of hydrazone groups is 1. The monoisotopic (exact) mass is 540 g/mol. The molecule has 0 aliphatic carbocycles. The summed E-state index contributed by atoms with van der Waals surface area (Å²) in [5, 5.41) is 6.42. The van der Waals surface area contributed by atoms with E-state index in [0.717, 1.165) is 53.3 Å². The SMILES string of the molecule is CSCCCC1(C)CN(C(=O)N(C(=O)N(C)C)c2ccc(C(F)(F)F)cc2)N=C1c1ccc(Cl)cc1. The van der Waals surface area contributed by atoms with Crippen LogP contribution in [0.4, 0.5) is 28.4 Å². The summed E-state index contributed by atoms with van der Waals surface area (Å²) in [7, 11) is 2.93. The highest BCUT2D eigenvalue weighted by atomic mass is 35.5. The fourth-order valence-electron chi connectivity index (χ4n) is 4.03. The molecule has 6 nitrogen and oxygen atoms in total. The molecule has 0 spiro atoms. The highest BCUT2D eigenvalue weighted by Gasteiger charge is 2.43. The minimum absolute atomic E-state index is 0.0194. The molecule has 1 atom stereocenters. The minimum atomic E-state index is -4.54. The van der Waals surface area contributed by atoms with Gasteiger partial charge in [0.05, 0.1) is 23.5 Å². The zero-order valence-corrected chi connectivity index (χ0v) is 22.0. The van der Waals surface area contributed by atoms with Crippen LogP contribution in [0.25, 0.3) is 0 Å². The Bertz CT molecular complexity index is 1120. The van der Waals surface area contributed by atoms with E-state index >= 15 is 0 Å². The van der Waals surface area contributed by atoms with Crippen LogP contribution in [0.2, 0.25) is 5.02 Å². The van der Waals surface area contributed by atoms with Crippen molar-refractivity contribution >= 4 is 46.8 Å². The van der Waals surface area contributed by atoms with Crippen molar-refractivity contribution in [2.24, 2.45) is 10.5 Å². The Hall–Kier alpha value is -2.72. The van der Waals surface area contributed by atoms with Crippen LogP contribution in [0.15, 0.2) is 53.6 Å². The van der Waals surface area contributed by atoms with E-state index in [2.05, 4.69) is 5.10 Å². The number of thioether (sulfide) groups is 1. The highest BCUT2D eigenvalue weighted by Crippen LogP contribution is 2.37. The highest BCUT2D eigenvalue weighted by molar-refractivity contribution is 7.98. The van der Waals surface area contributed by atoms with Gasteiger partial charge in [0.15, 0.2) is 0 Å². The quantitative estimate of drug-likeness (QED) is 0.377. The summed E-state index contributed by atoms with van der Waals surface area (Å²) in [6, 6.07) is 9.63. The normalized spacial score (nSPS) is 17.7. The van der Waals surface area contributed by atoms with Gasteiger partial charge in [0.1, 0.15) is 0 Å². The predicted octanol–water partition coefficient (Wildman–Crippen LogP) is 6.84. The van der Waals surface area contributed by atoms with E-state index < -0.39 is 29.2 Å². The smallest absolute Gasteiger partial charge is 0.330 e. The van der Waals surface area contributed by atoms with Gasteiger partial charge in [-0.15, -0.1) is 0 Å². The second kappa shape index (κ2) is 11.1. The van der Waals surface area contributed by atoms with Gasteiger partial charge in [0, 0.05) is 24.5 Å². The van der Waals surface area contributed by atoms with E-state index in [1.807, 2.05) is 25.3 Å². The largest absolute Gasteiger partial charge is 0.416 e. The number of rotatable bonds is 6. The fourth-order valence-corrected chi connectivity index (χ4v) is 4.59. The van der Waals surface area contributed by atoms with Gasteiger partial charge in [-0.3, -0.25) is 0 Å². The van der Waals surface area contributed by atoms with Gasteiger partial charge in [0.2, 0.25) is 0 Å². The summed E-state index contributed by atoms with van der Waals surface area (Å²) in [6.45, 7) is 2.24. The first-order valence-corrected chi connectivity index (χ1v) is 13.0. The third kappa shape index (κ3) is 6.15. The number of amides is 4. The molecule has 0 N–H and O–H groups in total. The summed E-state index contributed by atoms with van der Waals surface area (Å²) in [5.74, 6) is 0.939. The summed E-state index contributed by atoms with van der Waals surface area (Å²) >= 11 is 7.78. The molecule has 194 valence electrons. The molecule has 36 heavy (non-hydrogen) atoms. The number of urea groups is 2. The van der Waals surface area contributed by atoms with Crippen molar-refractivity contribution in [1.82, 2.24) is 9.91 Å². The number of anilines is 1. The molecular formula is C25H28ClF3N4O2S. The molecule has 1 aliphatic heterocycles. The van der Waals surface area contributed by atoms with Crippen molar-refractivity contribution in [2.75, 3.05) is 37.5 Å². The van der Waals surface area contributed by atoms with E-state index in [-0.39, 0.29) is 12.2 Å². The van der Waals surface area contributed by atoms with Crippen LogP contribution >= 0.6 is 23.4 Å². The number of benzene rings is 2. The van der Waals surface area contributed by atoms with E-state index in [1.165, 1.54) is 24.0 Å². The van der Waals surface area contributed by atoms with Crippen molar-refractivity contribution in [1.29, 1.82) is 0 Å². The Morgan fingerprint density at radius 1 is 1.11 bits per heavy atom. The van der Waals surface area contributed by atoms with Gasteiger partial charge >= 0.3 is 18.2 Å². The molecule has 1 unspecified atom stereocenters. The summed E-state index contributed by atoms with van der Waals surface area (Å²) in [4.78, 5) is 28.7. The van der Waals surface area contributed by atoms with Gasteiger partial charge < -0.3 is 4.90 Å². The van der Waals surface area contributed by atoms with Crippen LogP contribution in [-0.2, 0) is 6.18 Å². The number of carbonyl (C=O) groups excluding carboxylic acids is 2. The topological polar surface area (TPSA) is 56.2 Å². The first-order valence-electron chi connectivity index (χ1n) is 11.2. The van der Waals surface area contributed by atoms with Crippen molar-refractivity contribution in [3.63, 3.8) is 0 Å². The lowest BCUT2D eigenvalue weighted by atomic mass is 9.78. The lowest BCUT2D eigenvalue weighted by molar-refractivity contribution is -0.137. The lowest BCUT2D eigenvalue weighted by Gasteiger charge is -2.29. The Kier molecular flexibility index (Phi) is 8.61. The maximum Gasteiger partial charge on any atom is 0.416 e. The van der Waals surface area contributed by atoms with Gasteiger partial charge in [0.25, 0.3) is 0 Å². The number of carbonyl (C=O) groups is 2. The Labute approximate surface area is 218 Å². The van der Waals surface area contributed by atoms with Crippen molar-refractivity contribution in [2.45, 2.75) is 25.9 Å². The summed E-state index contributed by atoms with van der Waals surface area (Å²) in [5.41, 5.74) is 0.152. The number of nitrogens with zero attached hydrogens (tertiary/aromatic N) is 4. The Balaban J connectivity index is 2.00. The number of hydrogen-bond donors (Lipinski definition) is 0. The third-order valence-corrected chi connectivity index (χ3v) is 6.87. The molecule has 0 saturated heterocycles. The molecule has 2 aromatic carbocycles. The van der Waals surface area contributed by atoms with Crippen LogP contribution in [0.5, 0.6) is 0 Å². The average molecular weight is 541 g/mol. The minimum Gasteiger partial charge on any atom is -0.330 e. The van der Waals surface area contributed by atoms with Crippen LogP contribution in [0.3, 0.4) is 0 Å². The van der Waals surface area contributed by atoms with Crippen LogP contribution in [0, 0.1) is 5.41 Å². The van der Waals surface area contributed by atoms with Gasteiger partial charge in [-0.05, 0) is 66.8 Å². The van der Waals surface area contributed by atoms with Crippen molar-refractivity contribution in [3.05, 3.63) is 64.7 Å². The Morgan fingerprint density at radius 3 is 2.25 bits per heavy atom. The van der Waals surface area contributed by atoms with Gasteiger partial charge in [-0.25, -0.2) is 19.5 Å². The van der Waals surface area contributed by atoms with Crippen LogP contribution < -0.4 is 4.90 Å². The zero-order valence-electron chi connectivity index (χ0n) is 20.5. The van der Waals surface area contributed by atoms with E-state index in [1.54, 1.807) is 23.9 Å². The maximum absolute atomic E-state index is 13.7. The molecule has 0 saturated carbocycles. The third-order valence-electron chi connectivity index (χ3n) is 5.92. The molecule has 4 amide bonds. The number of imide groups is 1. The fraction of sp³-hybridized carbons (Fsp3) is 0.400. The van der Waals surface area contributed by atoms with Crippen LogP contribution in [-0.4, -0.2) is 60.3 Å². The van der Waals surface area contributed by atoms with E-state index in [0.29, 0.717) is 10.7 Å². The molecule has 0 aromatic heterocycles. The molecular weight excluding hydrogens is 513 g/mol. The second-order valence-electron chi connectivity index (χ2n) is 9.01. The van der Waals surface area contributed by atoms with Crippen molar-refractivity contribution in [3.8, 4) is 0 Å². The molecule has 0 bridgehead atoms. The van der Waals surface area contributed by atoms with Gasteiger partial charge in [-0.1, -0.05) is 30.7 Å². The molecule has 1 heterocycles. The summed E-state index contributed by atoms with van der Waals surface area (Å²) in [6.07, 6.45) is -0.868. The second-order valence-corrected chi connectivity index (χ2v) is 10.4. The number of halogens is 4. The average Bonchev–Trinajstić information content (AvgIpc) is 3.17. The molecule has 1 aliphatic rings. The van der Waals surface area contributed by atoms with Crippen molar-refractivity contribution < 1.29 is 22.8 Å². The van der Waals surface area contributed by atoms with Crippen LogP contribution in [0.1, 0.15) is 30.9 Å². The lowest BCUT2D eigenvalue weighted by Crippen LogP contribution is -2.49. The zero-order chi connectivity index (χ0) is 26.7. The standard InChI is InChI=1S/C25H28ClF3N4O2S/c1-24(14-5-15-36-4)16-32(30-21(24)17-6-10-19(26)11-7-17)23(35)33(22(34)31(2)3)20-12-8-18(9-13-20)25(27,28)29/h6-13H,5,14-16H2,1-4H3. The molecule has 0 radical (unpaired) electrons. The van der Waals surface area contributed by atoms with E-state index in [4.69, 9.17) is 11.6 Å². The first kappa shape index (κ1) is 27.9. The molecule has 0 fully saturated rings. The first-order chi connectivity index (χ1) is 16.9.